The van der Waals surface area contributed by atoms with E-state index in [0.717, 1.165) is 0 Å². The first kappa shape index (κ1) is 13.4. The van der Waals surface area contributed by atoms with Crippen molar-refractivity contribution < 1.29 is 4.43 Å². The second-order valence-corrected chi connectivity index (χ2v) is 5.68. The summed E-state index contributed by atoms with van der Waals surface area (Å²) in [5, 5.41) is 3.70. The van der Waals surface area contributed by atoms with E-state index in [1.54, 1.807) is 0 Å². The van der Waals surface area contributed by atoms with Crippen LogP contribution >= 0.6 is 11.6 Å². The van der Waals surface area contributed by atoms with E-state index in [4.69, 9.17) is 16.0 Å². The quantitative estimate of drug-likeness (QED) is 0.523. The number of hydrogen-bond acceptors (Lipinski definition) is 1. The Kier molecular flexibility index (Phi) is 4.16. The molecule has 0 fully saturated rings. The summed E-state index contributed by atoms with van der Waals surface area (Å²) in [4.78, 5) is 0. The van der Waals surface area contributed by atoms with Crippen molar-refractivity contribution in [2.24, 2.45) is 0 Å². The van der Waals surface area contributed by atoms with Crippen LogP contribution < -0.4 is 5.19 Å². The standard InChI is InChI=1S/C17H13ClOSi/c18-12-19-20-17-11-4-3-9-16(17)15-10-5-7-13-6-1-2-8-14(13)15/h1-11H,12H2. The van der Waals surface area contributed by atoms with Gasteiger partial charge in [0.15, 0.2) is 0 Å². The maximum Gasteiger partial charge on any atom is 0.271 e. The molecule has 0 aromatic heterocycles. The highest BCUT2D eigenvalue weighted by Crippen LogP contribution is 2.27. The number of rotatable bonds is 4. The number of hydrogen-bond donors (Lipinski definition) is 0. The van der Waals surface area contributed by atoms with Crippen LogP contribution in [0.5, 0.6) is 0 Å². The lowest BCUT2D eigenvalue weighted by molar-refractivity contribution is 0.421. The van der Waals surface area contributed by atoms with Crippen molar-refractivity contribution in [3.8, 4) is 11.1 Å². The Hall–Kier alpha value is -1.61. The maximum absolute atomic E-state index is 5.63. The zero-order valence-corrected chi connectivity index (χ0v) is 12.6. The molecule has 0 aliphatic carbocycles. The van der Waals surface area contributed by atoms with Crippen LogP contribution in [0.15, 0.2) is 66.7 Å². The Bertz CT molecular complexity index is 722. The van der Waals surface area contributed by atoms with Gasteiger partial charge in [0, 0.05) is 0 Å². The van der Waals surface area contributed by atoms with Crippen LogP contribution in [0.2, 0.25) is 0 Å². The molecule has 0 heterocycles. The van der Waals surface area contributed by atoms with Crippen molar-refractivity contribution in [2.75, 3.05) is 6.07 Å². The Labute approximate surface area is 126 Å². The third-order valence-corrected chi connectivity index (χ3v) is 4.48. The second kappa shape index (κ2) is 6.22. The molecule has 0 saturated carbocycles. The molecule has 3 rings (SSSR count). The number of alkyl halides is 1. The predicted molar refractivity (Wildman–Crippen MR) is 86.6 cm³/mol. The summed E-state index contributed by atoms with van der Waals surface area (Å²) in [7, 11) is 0.268. The highest BCUT2D eigenvalue weighted by Gasteiger charge is 2.09. The molecule has 0 aliphatic heterocycles. The van der Waals surface area contributed by atoms with Crippen molar-refractivity contribution in [3.63, 3.8) is 0 Å². The van der Waals surface area contributed by atoms with Crippen LogP contribution in [0.4, 0.5) is 0 Å². The molecule has 0 unspecified atom stereocenters. The molecule has 3 heteroatoms. The van der Waals surface area contributed by atoms with Gasteiger partial charge in [-0.3, -0.25) is 0 Å². The van der Waals surface area contributed by atoms with Crippen molar-refractivity contribution in [1.82, 2.24) is 0 Å². The molecule has 0 saturated heterocycles. The molecule has 3 aromatic rings. The third kappa shape index (κ3) is 2.63. The van der Waals surface area contributed by atoms with E-state index >= 15 is 0 Å². The zero-order valence-electron chi connectivity index (χ0n) is 10.8. The number of benzene rings is 3. The summed E-state index contributed by atoms with van der Waals surface area (Å²) in [5.41, 5.74) is 2.46. The van der Waals surface area contributed by atoms with Crippen molar-refractivity contribution in [3.05, 3.63) is 66.7 Å². The van der Waals surface area contributed by atoms with E-state index < -0.39 is 0 Å². The lowest BCUT2D eigenvalue weighted by atomic mass is 9.98. The van der Waals surface area contributed by atoms with Gasteiger partial charge in [0.2, 0.25) is 0 Å². The SMILES string of the molecule is ClCO[Si]c1ccccc1-c1cccc2ccccc12. The van der Waals surface area contributed by atoms with Gasteiger partial charge in [-0.05, 0) is 27.1 Å². The summed E-state index contributed by atoms with van der Waals surface area (Å²) in [6.45, 7) is 0. The lowest BCUT2D eigenvalue weighted by Crippen LogP contribution is -2.19. The fourth-order valence-electron chi connectivity index (χ4n) is 2.37. The summed E-state index contributed by atoms with van der Waals surface area (Å²) < 4.78 is 5.39. The minimum Gasteiger partial charge on any atom is -0.398 e. The molecular formula is C17H13ClOSi. The molecule has 0 spiro atoms. The van der Waals surface area contributed by atoms with Gasteiger partial charge in [0.05, 0.1) is 0 Å². The first-order chi connectivity index (χ1) is 9.90. The molecule has 0 amide bonds. The fraction of sp³-hybridized carbons (Fsp3) is 0.0588. The van der Waals surface area contributed by atoms with E-state index in [1.807, 2.05) is 6.07 Å². The topological polar surface area (TPSA) is 9.23 Å². The zero-order chi connectivity index (χ0) is 13.8. The Balaban J connectivity index is 2.16. The van der Waals surface area contributed by atoms with Crippen molar-refractivity contribution >= 4 is 37.3 Å². The molecule has 1 nitrogen and oxygen atoms in total. The highest BCUT2D eigenvalue weighted by molar-refractivity contribution is 6.50. The van der Waals surface area contributed by atoms with Gasteiger partial charge in [-0.15, -0.1) is 0 Å². The van der Waals surface area contributed by atoms with E-state index in [9.17, 15) is 0 Å². The Morgan fingerprint density at radius 2 is 1.50 bits per heavy atom. The summed E-state index contributed by atoms with van der Waals surface area (Å²) >= 11 is 5.63. The molecule has 2 radical (unpaired) electrons. The lowest BCUT2D eigenvalue weighted by Gasteiger charge is -2.11. The van der Waals surface area contributed by atoms with E-state index in [-0.39, 0.29) is 15.8 Å². The van der Waals surface area contributed by atoms with E-state index in [1.165, 1.54) is 27.1 Å². The van der Waals surface area contributed by atoms with Crippen molar-refractivity contribution in [1.29, 1.82) is 0 Å². The van der Waals surface area contributed by atoms with Crippen molar-refractivity contribution in [2.45, 2.75) is 0 Å². The predicted octanol–water partition coefficient (Wildman–Crippen LogP) is 3.96. The van der Waals surface area contributed by atoms with Crippen LogP contribution in [0.25, 0.3) is 21.9 Å². The average Bonchev–Trinajstić information content (AvgIpc) is 2.53. The average molecular weight is 297 g/mol. The smallest absolute Gasteiger partial charge is 0.271 e. The van der Waals surface area contributed by atoms with Gasteiger partial charge in [0.1, 0.15) is 6.07 Å². The van der Waals surface area contributed by atoms with E-state index in [2.05, 4.69) is 60.7 Å². The monoisotopic (exact) mass is 296 g/mol. The summed E-state index contributed by atoms with van der Waals surface area (Å²) in [6, 6.07) is 23.4. The Morgan fingerprint density at radius 1 is 0.800 bits per heavy atom. The molecule has 0 aliphatic rings. The van der Waals surface area contributed by atoms with Gasteiger partial charge >= 0.3 is 0 Å². The van der Waals surface area contributed by atoms with Crippen LogP contribution in [0, 0.1) is 0 Å². The molecule has 0 atom stereocenters. The fourth-order valence-corrected chi connectivity index (χ4v) is 3.24. The van der Waals surface area contributed by atoms with Gasteiger partial charge in [-0.25, -0.2) is 0 Å². The van der Waals surface area contributed by atoms with Gasteiger partial charge in [-0.1, -0.05) is 78.3 Å². The number of fused-ring (bicyclic) bond motifs is 1. The molecular weight excluding hydrogens is 284 g/mol. The first-order valence-electron chi connectivity index (χ1n) is 6.41. The maximum atomic E-state index is 5.63. The van der Waals surface area contributed by atoms with Gasteiger partial charge in [0.25, 0.3) is 9.76 Å². The molecule has 98 valence electrons. The van der Waals surface area contributed by atoms with E-state index in [0.29, 0.717) is 0 Å². The van der Waals surface area contributed by atoms with Gasteiger partial charge < -0.3 is 4.43 Å². The summed E-state index contributed by atoms with van der Waals surface area (Å²) in [5.74, 6) is 0. The minimum absolute atomic E-state index is 0.225. The normalized spacial score (nSPS) is 10.8. The number of halogens is 1. The van der Waals surface area contributed by atoms with Crippen LogP contribution in [0.3, 0.4) is 0 Å². The third-order valence-electron chi connectivity index (χ3n) is 3.24. The molecule has 0 N–H and O–H groups in total. The largest absolute Gasteiger partial charge is 0.398 e. The van der Waals surface area contributed by atoms with Crippen LogP contribution in [0.1, 0.15) is 0 Å². The second-order valence-electron chi connectivity index (χ2n) is 4.43. The highest BCUT2D eigenvalue weighted by atomic mass is 35.5. The minimum atomic E-state index is 0.225. The van der Waals surface area contributed by atoms with Gasteiger partial charge in [-0.2, -0.15) is 0 Å². The molecule has 0 bridgehead atoms. The van der Waals surface area contributed by atoms with Crippen LogP contribution in [-0.4, -0.2) is 15.8 Å². The Morgan fingerprint density at radius 3 is 2.40 bits per heavy atom. The molecule has 3 aromatic carbocycles. The molecule has 20 heavy (non-hydrogen) atoms. The summed E-state index contributed by atoms with van der Waals surface area (Å²) in [6.07, 6.45) is 0. The first-order valence-corrected chi connectivity index (χ1v) is 7.85. The van der Waals surface area contributed by atoms with Crippen LogP contribution in [-0.2, 0) is 4.43 Å².